The van der Waals surface area contributed by atoms with Crippen LogP contribution >= 0.6 is 0 Å². The van der Waals surface area contributed by atoms with Gasteiger partial charge in [0.1, 0.15) is 13.1 Å². The van der Waals surface area contributed by atoms with E-state index in [-0.39, 0.29) is 0 Å². The van der Waals surface area contributed by atoms with E-state index in [0.717, 1.165) is 8.97 Å². The summed E-state index contributed by atoms with van der Waals surface area (Å²) >= 11 is 0. The molecule has 8 nitrogen and oxygen atoms in total. The average molecular weight is 270 g/mol. The van der Waals surface area contributed by atoms with Gasteiger partial charge in [-0.3, -0.25) is 0 Å². The topological polar surface area (TPSA) is 115 Å². The first-order valence-corrected chi connectivity index (χ1v) is 5.12. The Morgan fingerprint density at radius 3 is 0.833 bits per heavy atom. The number of hydrogen-bond donors (Lipinski definition) is 4. The van der Waals surface area contributed by atoms with Gasteiger partial charge in [-0.05, 0) is 0 Å². The standard InChI is InChI=1S/C8H22N2.2CH2O3/c1-9(2,3)7-8-10(4,5)6;2*2-1(3)4/h7-8H2,1-6H3;2*(H2,2,3,4)/q+2;;. The molecule has 0 aromatic heterocycles. The zero-order chi connectivity index (χ0) is 15.6. The Labute approximate surface area is 107 Å². The average Bonchev–Trinajstić information content (AvgIpc) is 1.95. The molecule has 0 aliphatic rings. The maximum absolute atomic E-state index is 8.56. The summed E-state index contributed by atoms with van der Waals surface area (Å²) in [5.74, 6) is 0. The summed E-state index contributed by atoms with van der Waals surface area (Å²) in [6, 6.07) is 0. The Balaban J connectivity index is -0.000000233. The molecule has 4 N–H and O–H groups in total. The van der Waals surface area contributed by atoms with E-state index in [9.17, 15) is 0 Å². The van der Waals surface area contributed by atoms with Crippen molar-refractivity contribution in [2.24, 2.45) is 0 Å². The quantitative estimate of drug-likeness (QED) is 0.565. The lowest BCUT2D eigenvalue weighted by Crippen LogP contribution is -2.46. The highest BCUT2D eigenvalue weighted by atomic mass is 16.6. The SMILES string of the molecule is C[N+](C)(C)CC[N+](C)(C)C.O=C(O)O.O=C(O)O. The van der Waals surface area contributed by atoms with Crippen molar-refractivity contribution in [1.82, 2.24) is 0 Å². The van der Waals surface area contributed by atoms with E-state index in [1.165, 1.54) is 13.1 Å². The molecule has 0 fully saturated rings. The molecule has 0 spiro atoms. The molecule has 0 aromatic carbocycles. The van der Waals surface area contributed by atoms with Crippen molar-refractivity contribution < 1.29 is 39.0 Å². The molecular weight excluding hydrogens is 244 g/mol. The van der Waals surface area contributed by atoms with Crippen molar-refractivity contribution in [3.05, 3.63) is 0 Å². The highest BCUT2D eigenvalue weighted by molar-refractivity contribution is 5.53. The molecule has 0 saturated heterocycles. The lowest BCUT2D eigenvalue weighted by molar-refractivity contribution is -0.927. The molecule has 0 saturated carbocycles. The van der Waals surface area contributed by atoms with Gasteiger partial charge in [-0.15, -0.1) is 0 Å². The Bertz CT molecular complexity index is 208. The Morgan fingerprint density at radius 1 is 0.667 bits per heavy atom. The van der Waals surface area contributed by atoms with E-state index in [4.69, 9.17) is 30.0 Å². The fourth-order valence-electron chi connectivity index (χ4n) is 0.600. The second-order valence-electron chi connectivity index (χ2n) is 5.59. The third-order valence-corrected chi connectivity index (χ3v) is 1.44. The minimum Gasteiger partial charge on any atom is -0.450 e. The number of hydrogen-bond acceptors (Lipinski definition) is 2. The maximum atomic E-state index is 8.56. The molecule has 0 amide bonds. The molecule has 0 aliphatic heterocycles. The van der Waals surface area contributed by atoms with E-state index >= 15 is 0 Å². The fourth-order valence-corrected chi connectivity index (χ4v) is 0.600. The first-order chi connectivity index (χ1) is 7.67. The van der Waals surface area contributed by atoms with Gasteiger partial charge in [0.25, 0.3) is 0 Å². The highest BCUT2D eigenvalue weighted by Crippen LogP contribution is 1.94. The molecule has 8 heteroatoms. The highest BCUT2D eigenvalue weighted by Gasteiger charge is 2.13. The molecule has 0 unspecified atom stereocenters. The van der Waals surface area contributed by atoms with Gasteiger partial charge in [0.2, 0.25) is 0 Å². The van der Waals surface area contributed by atoms with Gasteiger partial charge in [0.15, 0.2) is 0 Å². The predicted octanol–water partition coefficient (Wildman–Crippen LogP) is 0.844. The summed E-state index contributed by atoms with van der Waals surface area (Å²) in [5.41, 5.74) is 0. The number of quaternary nitrogens is 2. The van der Waals surface area contributed by atoms with Crippen LogP contribution in [0.15, 0.2) is 0 Å². The van der Waals surface area contributed by atoms with Gasteiger partial charge in [-0.25, -0.2) is 9.59 Å². The number of carbonyl (C=O) groups is 2. The minimum atomic E-state index is -1.83. The molecular formula is C10H26N2O6+2. The lowest BCUT2D eigenvalue weighted by Gasteiger charge is -2.30. The second-order valence-corrected chi connectivity index (χ2v) is 5.59. The summed E-state index contributed by atoms with van der Waals surface area (Å²) in [6.45, 7) is 2.48. The van der Waals surface area contributed by atoms with Crippen molar-refractivity contribution in [2.45, 2.75) is 0 Å². The van der Waals surface area contributed by atoms with Crippen LogP contribution in [0.3, 0.4) is 0 Å². The van der Waals surface area contributed by atoms with E-state index in [1.54, 1.807) is 0 Å². The smallest absolute Gasteiger partial charge is 0.450 e. The summed E-state index contributed by atoms with van der Waals surface area (Å²) in [4.78, 5) is 17.1. The van der Waals surface area contributed by atoms with Crippen LogP contribution in [0.25, 0.3) is 0 Å². The van der Waals surface area contributed by atoms with Crippen molar-refractivity contribution in [3.8, 4) is 0 Å². The van der Waals surface area contributed by atoms with Gasteiger partial charge >= 0.3 is 12.3 Å². The van der Waals surface area contributed by atoms with Gasteiger partial charge < -0.3 is 29.4 Å². The molecule has 0 heterocycles. The minimum absolute atomic E-state index is 1.06. The van der Waals surface area contributed by atoms with Crippen LogP contribution in [-0.4, -0.2) is 97.1 Å². The largest absolute Gasteiger partial charge is 0.503 e. The van der Waals surface area contributed by atoms with E-state index in [0.29, 0.717) is 0 Å². The first-order valence-electron chi connectivity index (χ1n) is 5.12. The molecule has 18 heavy (non-hydrogen) atoms. The Hall–Kier alpha value is -1.54. The molecule has 0 aliphatic carbocycles. The normalized spacial score (nSPS) is 10.3. The monoisotopic (exact) mass is 270 g/mol. The molecule has 0 radical (unpaired) electrons. The van der Waals surface area contributed by atoms with Crippen molar-refractivity contribution in [2.75, 3.05) is 55.4 Å². The molecule has 0 atom stereocenters. The van der Waals surface area contributed by atoms with E-state index < -0.39 is 12.3 Å². The Kier molecular flexibility index (Phi) is 11.4. The molecule has 0 aromatic rings. The summed E-state index contributed by atoms with van der Waals surface area (Å²) < 4.78 is 2.13. The van der Waals surface area contributed by atoms with Crippen LogP contribution in [0.2, 0.25) is 0 Å². The molecule has 110 valence electrons. The van der Waals surface area contributed by atoms with Gasteiger partial charge in [0.05, 0.1) is 42.3 Å². The van der Waals surface area contributed by atoms with Gasteiger partial charge in [-0.2, -0.15) is 0 Å². The van der Waals surface area contributed by atoms with Crippen LogP contribution in [0.1, 0.15) is 0 Å². The van der Waals surface area contributed by atoms with Crippen LogP contribution in [0.5, 0.6) is 0 Å². The van der Waals surface area contributed by atoms with Crippen LogP contribution in [0.4, 0.5) is 9.59 Å². The number of rotatable bonds is 3. The Morgan fingerprint density at radius 2 is 0.778 bits per heavy atom. The summed E-state index contributed by atoms with van der Waals surface area (Å²) in [7, 11) is 13.4. The summed E-state index contributed by atoms with van der Waals surface area (Å²) in [6.07, 6.45) is -3.67. The maximum Gasteiger partial charge on any atom is 0.503 e. The predicted molar refractivity (Wildman–Crippen MR) is 67.1 cm³/mol. The van der Waals surface area contributed by atoms with E-state index in [1.807, 2.05) is 0 Å². The number of nitrogens with zero attached hydrogens (tertiary/aromatic N) is 2. The van der Waals surface area contributed by atoms with Gasteiger partial charge in [-0.1, -0.05) is 0 Å². The van der Waals surface area contributed by atoms with Crippen molar-refractivity contribution in [1.29, 1.82) is 0 Å². The van der Waals surface area contributed by atoms with Crippen molar-refractivity contribution in [3.63, 3.8) is 0 Å². The van der Waals surface area contributed by atoms with E-state index in [2.05, 4.69) is 42.3 Å². The molecule has 0 bridgehead atoms. The van der Waals surface area contributed by atoms with Gasteiger partial charge in [0, 0.05) is 0 Å². The van der Waals surface area contributed by atoms with Crippen LogP contribution in [0, 0.1) is 0 Å². The lowest BCUT2D eigenvalue weighted by atomic mass is 10.4. The fraction of sp³-hybridized carbons (Fsp3) is 0.800. The zero-order valence-electron chi connectivity index (χ0n) is 11.9. The number of carboxylic acid groups (broad SMARTS) is 4. The molecule has 0 rings (SSSR count). The second kappa shape index (κ2) is 9.49. The third kappa shape index (κ3) is 87.9. The third-order valence-electron chi connectivity index (χ3n) is 1.44. The van der Waals surface area contributed by atoms with Crippen LogP contribution in [-0.2, 0) is 0 Å². The number of likely N-dealkylation sites (N-methyl/N-ethyl adjacent to an activating group) is 2. The first kappa shape index (κ1) is 21.7. The van der Waals surface area contributed by atoms with Crippen LogP contribution < -0.4 is 0 Å². The zero-order valence-corrected chi connectivity index (χ0v) is 11.9. The summed E-state index contributed by atoms with van der Waals surface area (Å²) in [5, 5.41) is 27.9. The van der Waals surface area contributed by atoms with Crippen molar-refractivity contribution >= 4 is 12.3 Å².